The lowest BCUT2D eigenvalue weighted by Gasteiger charge is -2.46. The Morgan fingerprint density at radius 1 is 1.24 bits per heavy atom. The van der Waals surface area contributed by atoms with Gasteiger partial charge in [-0.15, -0.1) is 0 Å². The molecule has 2 amide bonds. The van der Waals surface area contributed by atoms with E-state index in [0.717, 1.165) is 0 Å². The largest absolute Gasteiger partial charge is 0.481 e. The molecule has 0 spiro atoms. The summed E-state index contributed by atoms with van der Waals surface area (Å²) in [6, 6.07) is -0.159. The van der Waals surface area contributed by atoms with E-state index in [2.05, 4.69) is 5.32 Å². The van der Waals surface area contributed by atoms with Crippen LogP contribution in [0, 0.1) is 17.3 Å². The van der Waals surface area contributed by atoms with Crippen LogP contribution in [-0.2, 0) is 4.79 Å². The minimum absolute atomic E-state index is 0.0131. The summed E-state index contributed by atoms with van der Waals surface area (Å²) >= 11 is 0. The summed E-state index contributed by atoms with van der Waals surface area (Å²) in [5.41, 5.74) is -0.355. The third-order valence-electron chi connectivity index (χ3n) is 5.50. The van der Waals surface area contributed by atoms with E-state index in [-0.39, 0.29) is 29.3 Å². The lowest BCUT2D eigenvalue weighted by Crippen LogP contribution is -2.54. The standard InChI is InChI=1S/C15H26N2O4/c1-9-12(5-4-11(13(19)20)15(9,2)3)16-14(21)17-7-6-10(18)8-17/h9-12,18H,4-8H2,1-3H3,(H,16,21)(H,19,20). The Morgan fingerprint density at radius 3 is 2.43 bits per heavy atom. The zero-order valence-corrected chi connectivity index (χ0v) is 13.0. The van der Waals surface area contributed by atoms with E-state index >= 15 is 0 Å². The molecule has 1 heterocycles. The van der Waals surface area contributed by atoms with Crippen LogP contribution in [0.3, 0.4) is 0 Å². The second-order valence-corrected chi connectivity index (χ2v) is 7.02. The summed E-state index contributed by atoms with van der Waals surface area (Å²) in [5.74, 6) is -1.03. The first-order valence-corrected chi connectivity index (χ1v) is 7.69. The summed E-state index contributed by atoms with van der Waals surface area (Å²) in [4.78, 5) is 25.2. The number of amides is 2. The molecule has 1 aliphatic heterocycles. The first-order chi connectivity index (χ1) is 9.73. The van der Waals surface area contributed by atoms with E-state index in [1.807, 2.05) is 20.8 Å². The maximum absolute atomic E-state index is 12.2. The van der Waals surface area contributed by atoms with Crippen molar-refractivity contribution in [3.05, 3.63) is 0 Å². The molecular weight excluding hydrogens is 272 g/mol. The van der Waals surface area contributed by atoms with Crippen LogP contribution >= 0.6 is 0 Å². The van der Waals surface area contributed by atoms with Gasteiger partial charge in [0.05, 0.1) is 12.0 Å². The number of aliphatic hydroxyl groups excluding tert-OH is 1. The second kappa shape index (κ2) is 5.83. The molecule has 2 fully saturated rings. The zero-order valence-electron chi connectivity index (χ0n) is 13.0. The summed E-state index contributed by atoms with van der Waals surface area (Å²) in [6.45, 7) is 6.91. The number of rotatable bonds is 2. The number of carboxylic acid groups (broad SMARTS) is 1. The average Bonchev–Trinajstić information content (AvgIpc) is 2.81. The lowest BCUT2D eigenvalue weighted by atomic mass is 9.61. The molecular formula is C15H26N2O4. The Morgan fingerprint density at radius 2 is 1.90 bits per heavy atom. The molecule has 1 saturated heterocycles. The first-order valence-electron chi connectivity index (χ1n) is 7.69. The number of hydrogen-bond donors (Lipinski definition) is 3. The van der Waals surface area contributed by atoms with Crippen LogP contribution in [0.4, 0.5) is 4.79 Å². The van der Waals surface area contributed by atoms with Gasteiger partial charge < -0.3 is 20.4 Å². The molecule has 4 atom stereocenters. The fraction of sp³-hybridized carbons (Fsp3) is 0.867. The monoisotopic (exact) mass is 298 g/mol. The van der Waals surface area contributed by atoms with Crippen LogP contribution in [0.2, 0.25) is 0 Å². The van der Waals surface area contributed by atoms with Crippen molar-refractivity contribution in [1.82, 2.24) is 10.2 Å². The van der Waals surface area contributed by atoms with Crippen molar-refractivity contribution in [3.8, 4) is 0 Å². The van der Waals surface area contributed by atoms with Gasteiger partial charge in [-0.3, -0.25) is 4.79 Å². The molecule has 1 aliphatic carbocycles. The number of hydrogen-bond acceptors (Lipinski definition) is 3. The van der Waals surface area contributed by atoms with Gasteiger partial charge in [-0.2, -0.15) is 0 Å². The van der Waals surface area contributed by atoms with Gasteiger partial charge in [0.1, 0.15) is 0 Å². The van der Waals surface area contributed by atoms with Crippen molar-refractivity contribution in [2.24, 2.45) is 17.3 Å². The van der Waals surface area contributed by atoms with Crippen LogP contribution < -0.4 is 5.32 Å². The maximum atomic E-state index is 12.2. The van der Waals surface area contributed by atoms with E-state index in [4.69, 9.17) is 0 Å². The number of nitrogens with one attached hydrogen (secondary N) is 1. The molecule has 6 nitrogen and oxygen atoms in total. The van der Waals surface area contributed by atoms with Crippen molar-refractivity contribution < 1.29 is 19.8 Å². The minimum Gasteiger partial charge on any atom is -0.481 e. The fourth-order valence-corrected chi connectivity index (χ4v) is 3.62. The van der Waals surface area contributed by atoms with E-state index < -0.39 is 12.1 Å². The predicted octanol–water partition coefficient (Wildman–Crippen LogP) is 1.29. The number of nitrogens with zero attached hydrogens (tertiary/aromatic N) is 1. The van der Waals surface area contributed by atoms with Gasteiger partial charge in [0.2, 0.25) is 0 Å². The smallest absolute Gasteiger partial charge is 0.317 e. The highest BCUT2D eigenvalue weighted by atomic mass is 16.4. The molecule has 3 N–H and O–H groups in total. The number of carboxylic acids is 1. The summed E-state index contributed by atoms with van der Waals surface area (Å²) in [7, 11) is 0. The normalized spacial score (nSPS) is 35.5. The first kappa shape index (κ1) is 16.1. The predicted molar refractivity (Wildman–Crippen MR) is 77.8 cm³/mol. The number of aliphatic hydroxyl groups is 1. The number of carbonyl (C=O) groups excluding carboxylic acids is 1. The Kier molecular flexibility index (Phi) is 4.46. The minimum atomic E-state index is -0.751. The molecule has 0 bridgehead atoms. The molecule has 0 aromatic heterocycles. The zero-order chi connectivity index (χ0) is 15.8. The Labute approximate surface area is 125 Å². The molecule has 21 heavy (non-hydrogen) atoms. The van der Waals surface area contributed by atoms with Crippen LogP contribution in [-0.4, -0.2) is 52.3 Å². The second-order valence-electron chi connectivity index (χ2n) is 7.02. The van der Waals surface area contributed by atoms with Crippen LogP contribution in [0.15, 0.2) is 0 Å². The molecule has 0 aromatic carbocycles. The van der Waals surface area contributed by atoms with Crippen LogP contribution in [0.25, 0.3) is 0 Å². The van der Waals surface area contributed by atoms with Gasteiger partial charge in [0.25, 0.3) is 0 Å². The van der Waals surface area contributed by atoms with Gasteiger partial charge in [-0.25, -0.2) is 4.79 Å². The van der Waals surface area contributed by atoms with E-state index in [1.54, 1.807) is 4.90 Å². The van der Waals surface area contributed by atoms with E-state index in [9.17, 15) is 19.8 Å². The number of urea groups is 1. The maximum Gasteiger partial charge on any atom is 0.317 e. The Hall–Kier alpha value is -1.30. The van der Waals surface area contributed by atoms with E-state index in [1.165, 1.54) is 0 Å². The number of aliphatic carboxylic acids is 1. The molecule has 2 aliphatic rings. The van der Waals surface area contributed by atoms with Crippen molar-refractivity contribution in [3.63, 3.8) is 0 Å². The van der Waals surface area contributed by atoms with Crippen molar-refractivity contribution in [2.45, 2.75) is 52.2 Å². The van der Waals surface area contributed by atoms with Crippen molar-refractivity contribution >= 4 is 12.0 Å². The van der Waals surface area contributed by atoms with Crippen molar-refractivity contribution in [1.29, 1.82) is 0 Å². The van der Waals surface area contributed by atoms with Gasteiger partial charge >= 0.3 is 12.0 Å². The highest BCUT2D eigenvalue weighted by molar-refractivity contribution is 5.75. The fourth-order valence-electron chi connectivity index (χ4n) is 3.62. The molecule has 120 valence electrons. The van der Waals surface area contributed by atoms with E-state index in [0.29, 0.717) is 32.4 Å². The van der Waals surface area contributed by atoms with Gasteiger partial charge in [0, 0.05) is 19.1 Å². The molecule has 0 aromatic rings. The Bertz CT molecular complexity index is 424. The third kappa shape index (κ3) is 3.15. The number of likely N-dealkylation sites (tertiary alicyclic amines) is 1. The lowest BCUT2D eigenvalue weighted by molar-refractivity contribution is -0.150. The Balaban J connectivity index is 1.99. The van der Waals surface area contributed by atoms with Crippen LogP contribution in [0.5, 0.6) is 0 Å². The average molecular weight is 298 g/mol. The van der Waals surface area contributed by atoms with Crippen LogP contribution in [0.1, 0.15) is 40.0 Å². The molecule has 2 rings (SSSR count). The quantitative estimate of drug-likeness (QED) is 0.716. The number of carbonyl (C=O) groups is 2. The molecule has 0 radical (unpaired) electrons. The molecule has 6 heteroatoms. The highest BCUT2D eigenvalue weighted by Gasteiger charge is 2.46. The molecule has 4 unspecified atom stereocenters. The van der Waals surface area contributed by atoms with Gasteiger partial charge in [0.15, 0.2) is 0 Å². The summed E-state index contributed by atoms with van der Waals surface area (Å²) in [6.07, 6.45) is 1.47. The van der Waals surface area contributed by atoms with Gasteiger partial charge in [-0.05, 0) is 30.6 Å². The third-order valence-corrected chi connectivity index (χ3v) is 5.50. The SMILES string of the molecule is CC1C(NC(=O)N2CCC(O)C2)CCC(C(=O)O)C1(C)C. The number of β-amino-alcohol motifs (C(OH)–C–C–N with tert-alkyl or cyclic N) is 1. The molecule has 1 saturated carbocycles. The summed E-state index contributed by atoms with van der Waals surface area (Å²) in [5, 5.41) is 21.9. The van der Waals surface area contributed by atoms with Gasteiger partial charge in [-0.1, -0.05) is 20.8 Å². The van der Waals surface area contributed by atoms with Crippen molar-refractivity contribution in [2.75, 3.05) is 13.1 Å². The highest BCUT2D eigenvalue weighted by Crippen LogP contribution is 2.45. The topological polar surface area (TPSA) is 89.9 Å². The summed E-state index contributed by atoms with van der Waals surface area (Å²) < 4.78 is 0.